The first kappa shape index (κ1) is 29.7. The summed E-state index contributed by atoms with van der Waals surface area (Å²) in [6, 6.07) is 24.8. The molecule has 3 heterocycles. The lowest BCUT2D eigenvalue weighted by molar-refractivity contribution is -0.127. The van der Waals surface area contributed by atoms with Gasteiger partial charge in [-0.05, 0) is 61.6 Å². The number of hydrogen-bond acceptors (Lipinski definition) is 6. The molecule has 2 fully saturated rings. The zero-order valence-electron chi connectivity index (χ0n) is 25.3. The number of nitrogens with zero attached hydrogens (tertiary/aromatic N) is 4. The third-order valence-electron chi connectivity index (χ3n) is 9.19. The van der Waals surface area contributed by atoms with E-state index < -0.39 is 6.04 Å². The van der Waals surface area contributed by atoms with Crippen LogP contribution in [-0.2, 0) is 24.7 Å². The van der Waals surface area contributed by atoms with Crippen molar-refractivity contribution in [3.8, 4) is 0 Å². The van der Waals surface area contributed by atoms with E-state index in [1.165, 1.54) is 5.56 Å². The molecule has 3 unspecified atom stereocenters. The van der Waals surface area contributed by atoms with Crippen LogP contribution in [0.25, 0.3) is 11.0 Å². The molecule has 3 atom stereocenters. The number of aryl methyl sites for hydroxylation is 2. The Labute approximate surface area is 258 Å². The summed E-state index contributed by atoms with van der Waals surface area (Å²) >= 11 is 0. The van der Waals surface area contributed by atoms with Gasteiger partial charge in [-0.25, -0.2) is 4.98 Å². The van der Waals surface area contributed by atoms with E-state index in [-0.39, 0.29) is 30.0 Å². The van der Waals surface area contributed by atoms with Gasteiger partial charge in [0, 0.05) is 44.7 Å². The number of aromatic nitrogens is 2. The smallest absolute Gasteiger partial charge is 0.237 e. The number of para-hydroxylation sites is 2. The molecule has 3 aromatic carbocycles. The number of amidine groups is 1. The van der Waals surface area contributed by atoms with E-state index in [1.807, 2.05) is 49.5 Å². The first-order chi connectivity index (χ1) is 21.4. The number of carbonyl (C=O) groups is 2. The average Bonchev–Trinajstić information content (AvgIpc) is 3.62. The summed E-state index contributed by atoms with van der Waals surface area (Å²) in [5, 5.41) is 11.0. The monoisotopic (exact) mass is 591 g/mol. The van der Waals surface area contributed by atoms with Crippen molar-refractivity contribution in [2.24, 2.45) is 12.8 Å². The Morgan fingerprint density at radius 3 is 2.57 bits per heavy atom. The molecule has 0 saturated carbocycles. The van der Waals surface area contributed by atoms with E-state index in [4.69, 9.17) is 11.1 Å². The number of fused-ring (bicyclic) bond motifs is 2. The van der Waals surface area contributed by atoms with Gasteiger partial charge in [-0.15, -0.1) is 0 Å². The van der Waals surface area contributed by atoms with Gasteiger partial charge in [-0.3, -0.25) is 19.9 Å². The molecule has 4 N–H and O–H groups in total. The van der Waals surface area contributed by atoms with Gasteiger partial charge in [-0.1, -0.05) is 60.7 Å². The van der Waals surface area contributed by atoms with Crippen LogP contribution in [-0.4, -0.2) is 81.2 Å². The normalized spacial score (nSPS) is 19.5. The summed E-state index contributed by atoms with van der Waals surface area (Å²) in [5.41, 5.74) is 10.1. The minimum absolute atomic E-state index is 0.0367. The number of carbonyl (C=O) groups excluding carboxylic acids is 2. The molecular formula is C35H41N7O2. The number of nitrogen functional groups attached to an aromatic ring is 1. The molecule has 9 heteroatoms. The van der Waals surface area contributed by atoms with E-state index in [0.29, 0.717) is 17.4 Å². The topological polar surface area (TPSA) is 120 Å². The first-order valence-electron chi connectivity index (χ1n) is 15.6. The van der Waals surface area contributed by atoms with Crippen LogP contribution in [0.2, 0.25) is 0 Å². The third kappa shape index (κ3) is 6.44. The summed E-state index contributed by atoms with van der Waals surface area (Å²) in [6.07, 6.45) is 4.23. The summed E-state index contributed by atoms with van der Waals surface area (Å²) in [4.78, 5) is 37.4. The maximum atomic E-state index is 14.1. The Morgan fingerprint density at radius 1 is 1.00 bits per heavy atom. The van der Waals surface area contributed by atoms with Crippen molar-refractivity contribution in [2.45, 2.75) is 50.2 Å². The lowest BCUT2D eigenvalue weighted by Crippen LogP contribution is -2.57. The minimum atomic E-state index is -0.807. The van der Waals surface area contributed by atoms with Crippen molar-refractivity contribution in [2.75, 3.05) is 26.2 Å². The van der Waals surface area contributed by atoms with Gasteiger partial charge in [0.05, 0.1) is 23.1 Å². The quantitative estimate of drug-likeness (QED) is 0.139. The van der Waals surface area contributed by atoms with Crippen molar-refractivity contribution in [3.63, 3.8) is 0 Å². The number of rotatable bonds is 11. The average molecular weight is 592 g/mol. The summed E-state index contributed by atoms with van der Waals surface area (Å²) in [7, 11) is 1.83. The standard InChI is InChI=1S/C35H41N7O2/c1-40-30-15-6-5-14-28(30)38-34(40)32(43)29(22-25-11-7-13-26(21-25)33(36)37)39-35(44)31-17-16-27-23-41(19-20-42(27)31)18-8-12-24-9-3-2-4-10-24/h2-7,9-11,13-15,21,27,29,31H,8,12,16-20,22-23H2,1H3,(H3,36,37)(H,39,44). The molecule has 44 heavy (non-hydrogen) atoms. The maximum absolute atomic E-state index is 14.1. The molecule has 1 amide bonds. The van der Waals surface area contributed by atoms with Crippen LogP contribution in [0.15, 0.2) is 78.9 Å². The van der Waals surface area contributed by atoms with E-state index in [2.05, 4.69) is 50.4 Å². The molecule has 1 aromatic heterocycles. The van der Waals surface area contributed by atoms with E-state index >= 15 is 0 Å². The molecule has 0 bridgehead atoms. The fourth-order valence-electron chi connectivity index (χ4n) is 6.85. The molecule has 2 saturated heterocycles. The highest BCUT2D eigenvalue weighted by Crippen LogP contribution is 2.28. The van der Waals surface area contributed by atoms with E-state index in [9.17, 15) is 9.59 Å². The Hall–Kier alpha value is -4.34. The summed E-state index contributed by atoms with van der Waals surface area (Å²) < 4.78 is 1.80. The second kappa shape index (κ2) is 13.1. The predicted octanol–water partition coefficient (Wildman–Crippen LogP) is 3.55. The van der Waals surface area contributed by atoms with Crippen LogP contribution in [0.5, 0.6) is 0 Å². The van der Waals surface area contributed by atoms with Gasteiger partial charge < -0.3 is 20.5 Å². The molecule has 0 radical (unpaired) electrons. The maximum Gasteiger partial charge on any atom is 0.237 e. The summed E-state index contributed by atoms with van der Waals surface area (Å²) in [6.45, 7) is 3.82. The third-order valence-corrected chi connectivity index (χ3v) is 9.19. The lowest BCUT2D eigenvalue weighted by atomic mass is 9.99. The van der Waals surface area contributed by atoms with Crippen LogP contribution < -0.4 is 11.1 Å². The van der Waals surface area contributed by atoms with Gasteiger partial charge >= 0.3 is 0 Å². The molecule has 9 nitrogen and oxygen atoms in total. The molecule has 2 aliphatic rings. The Bertz CT molecular complexity index is 1650. The Kier molecular flexibility index (Phi) is 8.86. The number of benzene rings is 3. The van der Waals surface area contributed by atoms with Crippen LogP contribution in [0.3, 0.4) is 0 Å². The van der Waals surface area contributed by atoms with Crippen molar-refractivity contribution in [1.82, 2.24) is 24.7 Å². The Balaban J connectivity index is 1.14. The largest absolute Gasteiger partial charge is 0.384 e. The molecule has 2 aliphatic heterocycles. The fraction of sp³-hybridized carbons (Fsp3) is 0.371. The molecular weight excluding hydrogens is 550 g/mol. The van der Waals surface area contributed by atoms with Gasteiger partial charge in [0.1, 0.15) is 5.84 Å². The van der Waals surface area contributed by atoms with Gasteiger partial charge in [0.2, 0.25) is 11.7 Å². The van der Waals surface area contributed by atoms with Crippen molar-refractivity contribution >= 4 is 28.6 Å². The van der Waals surface area contributed by atoms with Crippen LogP contribution >= 0.6 is 0 Å². The van der Waals surface area contributed by atoms with Crippen LogP contribution in [0.4, 0.5) is 0 Å². The van der Waals surface area contributed by atoms with Gasteiger partial charge in [0.25, 0.3) is 0 Å². The number of ketones is 1. The number of nitrogens with two attached hydrogens (primary N) is 1. The zero-order chi connectivity index (χ0) is 30.6. The molecule has 0 aliphatic carbocycles. The number of amides is 1. The zero-order valence-corrected chi connectivity index (χ0v) is 25.3. The number of Topliss-reactive ketones (excluding diaryl/α,β-unsaturated/α-hetero) is 1. The number of nitrogens with one attached hydrogen (secondary N) is 2. The number of hydrogen-bond donors (Lipinski definition) is 3. The number of piperazine rings is 1. The van der Waals surface area contributed by atoms with Crippen molar-refractivity contribution in [3.05, 3.63) is 101 Å². The van der Waals surface area contributed by atoms with E-state index in [0.717, 1.165) is 68.5 Å². The highest BCUT2D eigenvalue weighted by Gasteiger charge is 2.41. The van der Waals surface area contributed by atoms with Gasteiger partial charge in [0.15, 0.2) is 5.82 Å². The molecule has 4 aromatic rings. The minimum Gasteiger partial charge on any atom is -0.384 e. The molecule has 6 rings (SSSR count). The van der Waals surface area contributed by atoms with E-state index in [1.54, 1.807) is 10.6 Å². The highest BCUT2D eigenvalue weighted by molar-refractivity contribution is 6.02. The van der Waals surface area contributed by atoms with Crippen LogP contribution in [0.1, 0.15) is 46.6 Å². The Morgan fingerprint density at radius 2 is 1.77 bits per heavy atom. The van der Waals surface area contributed by atoms with Crippen LogP contribution in [0, 0.1) is 5.41 Å². The fourth-order valence-corrected chi connectivity index (χ4v) is 6.85. The first-order valence-corrected chi connectivity index (χ1v) is 15.6. The number of imidazole rings is 1. The highest BCUT2D eigenvalue weighted by atomic mass is 16.2. The van der Waals surface area contributed by atoms with Gasteiger partial charge in [-0.2, -0.15) is 0 Å². The molecule has 228 valence electrons. The molecule has 0 spiro atoms. The second-order valence-corrected chi connectivity index (χ2v) is 12.1. The SMILES string of the molecule is Cn1c(C(=O)C(Cc2cccc(C(=N)N)c2)NC(=O)C2CCC3CN(CCCc4ccccc4)CCN32)nc2ccccc21. The van der Waals surface area contributed by atoms with Crippen molar-refractivity contribution < 1.29 is 9.59 Å². The predicted molar refractivity (Wildman–Crippen MR) is 173 cm³/mol. The summed E-state index contributed by atoms with van der Waals surface area (Å²) in [5.74, 6) is -0.0640. The second-order valence-electron chi connectivity index (χ2n) is 12.1. The van der Waals surface area contributed by atoms with Crippen molar-refractivity contribution in [1.29, 1.82) is 5.41 Å². The lowest BCUT2D eigenvalue weighted by Gasteiger charge is -2.39.